The Bertz CT molecular complexity index is 956. The van der Waals surface area contributed by atoms with E-state index in [4.69, 9.17) is 0 Å². The molecule has 0 unspecified atom stereocenters. The van der Waals surface area contributed by atoms with E-state index in [0.29, 0.717) is 0 Å². The van der Waals surface area contributed by atoms with E-state index in [0.717, 1.165) is 13.8 Å². The van der Waals surface area contributed by atoms with Gasteiger partial charge in [-0.3, -0.25) is 19.2 Å². The Balaban J connectivity index is 2.66. The van der Waals surface area contributed by atoms with Gasteiger partial charge in [-0.1, -0.05) is 30.3 Å². The third kappa shape index (κ3) is 3.90. The van der Waals surface area contributed by atoms with Crippen LogP contribution < -0.4 is 9.44 Å². The number of amides is 4. The second-order valence-electron chi connectivity index (χ2n) is 5.33. The average Bonchev–Trinajstić information content (AvgIpc) is 2.78. The van der Waals surface area contributed by atoms with E-state index < -0.39 is 50.0 Å². The molecule has 0 aromatic heterocycles. The number of nitrogens with zero attached hydrogens (tertiary/aromatic N) is 2. The molecule has 0 aliphatic carbocycles. The third-order valence-corrected chi connectivity index (χ3v) is 5.96. The van der Waals surface area contributed by atoms with Crippen LogP contribution in [0.15, 0.2) is 30.3 Å². The lowest BCUT2D eigenvalue weighted by Crippen LogP contribution is -2.56. The molecule has 1 aliphatic heterocycles. The quantitative estimate of drug-likeness (QED) is 0.524. The molecule has 1 aliphatic rings. The highest BCUT2D eigenvalue weighted by Crippen LogP contribution is 2.32. The normalized spacial score (nSPS) is 15.8. The maximum atomic E-state index is 12.6. The fraction of sp³-hybridized carbons (Fsp3) is 0.231. The summed E-state index contributed by atoms with van der Waals surface area (Å²) < 4.78 is 51.3. The first kappa shape index (κ1) is 20.3. The lowest BCUT2D eigenvalue weighted by atomic mass is 9.99. The zero-order valence-corrected chi connectivity index (χ0v) is 15.6. The average molecular weight is 418 g/mol. The Morgan fingerprint density at radius 3 is 1.52 bits per heavy atom. The van der Waals surface area contributed by atoms with Gasteiger partial charge in [0.15, 0.2) is 0 Å². The summed E-state index contributed by atoms with van der Waals surface area (Å²) >= 11 is 0. The molecule has 14 heteroatoms. The minimum Gasteiger partial charge on any atom is -0.274 e. The molecule has 1 aromatic rings. The molecule has 12 nitrogen and oxygen atoms in total. The predicted octanol–water partition coefficient (Wildman–Crippen LogP) is -1.88. The molecule has 1 heterocycles. The first-order valence-corrected chi connectivity index (χ1v) is 10.1. The van der Waals surface area contributed by atoms with Gasteiger partial charge in [-0.25, -0.2) is 9.44 Å². The minimum atomic E-state index is -5.09. The lowest BCUT2D eigenvalue weighted by Gasteiger charge is -2.25. The number of rotatable bonds is 5. The summed E-state index contributed by atoms with van der Waals surface area (Å²) in [4.78, 5) is 47.6. The summed E-state index contributed by atoms with van der Waals surface area (Å²) in [5.74, 6) is -6.94. The summed E-state index contributed by atoms with van der Waals surface area (Å²) in [7, 11) is -10.2. The van der Waals surface area contributed by atoms with Gasteiger partial charge >= 0.3 is 20.4 Å². The summed E-state index contributed by atoms with van der Waals surface area (Å²) in [5, 5.41) is 0. The molecule has 146 valence electrons. The van der Waals surface area contributed by atoms with Crippen molar-refractivity contribution in [2.45, 2.75) is 19.8 Å². The van der Waals surface area contributed by atoms with Crippen molar-refractivity contribution in [1.29, 1.82) is 0 Å². The molecule has 2 N–H and O–H groups in total. The molecule has 0 spiro atoms. The molecule has 27 heavy (non-hydrogen) atoms. The van der Waals surface area contributed by atoms with Crippen molar-refractivity contribution >= 4 is 44.0 Å². The largest absolute Gasteiger partial charge is 0.347 e. The van der Waals surface area contributed by atoms with Crippen molar-refractivity contribution in [3.8, 4) is 0 Å². The van der Waals surface area contributed by atoms with Gasteiger partial charge in [0.1, 0.15) is 5.92 Å². The Hall–Kier alpha value is -3.00. The van der Waals surface area contributed by atoms with Gasteiger partial charge in [0.05, 0.1) is 0 Å². The third-order valence-electron chi connectivity index (χ3n) is 3.17. The SMILES string of the molecule is CC(=O)NS(=O)(=O)N1C(=O)C(c2ccccc2)C(=O)N1S(=O)(=O)NC(C)=O. The standard InChI is InChI=1S/C13H14N4O8S2/c1-8(18)14-26(22,23)16-12(20)11(10-6-4-3-5-7-10)13(21)17(16)27(24,25)15-9(2)19/h3-7,11H,1-2H3,(H,14,18)(H,15,19). The molecule has 1 aromatic carbocycles. The van der Waals surface area contributed by atoms with Gasteiger partial charge in [-0.2, -0.15) is 16.8 Å². The second kappa shape index (κ2) is 6.96. The van der Waals surface area contributed by atoms with Crippen molar-refractivity contribution in [2.75, 3.05) is 0 Å². The number of carbonyl (C=O) groups is 4. The maximum absolute atomic E-state index is 12.6. The fourth-order valence-corrected chi connectivity index (χ4v) is 4.98. The van der Waals surface area contributed by atoms with Crippen LogP contribution >= 0.6 is 0 Å². The Morgan fingerprint density at radius 2 is 1.19 bits per heavy atom. The molecular weight excluding hydrogens is 404 g/mol. The molecule has 4 amide bonds. The van der Waals surface area contributed by atoms with Crippen LogP contribution in [-0.4, -0.2) is 49.3 Å². The summed E-state index contributed by atoms with van der Waals surface area (Å²) in [6.45, 7) is 1.61. The van der Waals surface area contributed by atoms with Crippen LogP contribution in [0.25, 0.3) is 0 Å². The van der Waals surface area contributed by atoms with Crippen LogP contribution in [0.3, 0.4) is 0 Å². The summed E-state index contributed by atoms with van der Waals surface area (Å²) in [6.07, 6.45) is 0. The topological polar surface area (TPSA) is 167 Å². The van der Waals surface area contributed by atoms with E-state index >= 15 is 0 Å². The molecule has 0 atom stereocenters. The molecule has 0 saturated carbocycles. The number of nitrogens with one attached hydrogen (secondary N) is 2. The summed E-state index contributed by atoms with van der Waals surface area (Å²) in [5.41, 5.74) is 0.0241. The number of hydrogen-bond donors (Lipinski definition) is 2. The van der Waals surface area contributed by atoms with E-state index in [-0.39, 0.29) is 14.4 Å². The minimum absolute atomic E-state index is 0.0241. The van der Waals surface area contributed by atoms with Crippen LogP contribution in [0.4, 0.5) is 0 Å². The Kier molecular flexibility index (Phi) is 5.23. The molecular formula is C13H14N4O8S2. The van der Waals surface area contributed by atoms with Crippen molar-refractivity contribution in [3.05, 3.63) is 35.9 Å². The fourth-order valence-electron chi connectivity index (χ4n) is 2.32. The Morgan fingerprint density at radius 1 is 0.815 bits per heavy atom. The second-order valence-corrected chi connectivity index (χ2v) is 8.33. The zero-order valence-electron chi connectivity index (χ0n) is 13.9. The van der Waals surface area contributed by atoms with E-state index in [9.17, 15) is 36.0 Å². The lowest BCUT2D eigenvalue weighted by molar-refractivity contribution is -0.130. The van der Waals surface area contributed by atoms with Gasteiger partial charge < -0.3 is 0 Å². The molecule has 1 fully saturated rings. The van der Waals surface area contributed by atoms with Crippen molar-refractivity contribution in [3.63, 3.8) is 0 Å². The van der Waals surface area contributed by atoms with Crippen LogP contribution in [0.2, 0.25) is 0 Å². The highest BCUT2D eigenvalue weighted by molar-refractivity contribution is 7.91. The van der Waals surface area contributed by atoms with Crippen LogP contribution in [0.5, 0.6) is 0 Å². The van der Waals surface area contributed by atoms with Crippen LogP contribution in [0, 0.1) is 0 Å². The van der Waals surface area contributed by atoms with Gasteiger partial charge in [0, 0.05) is 13.8 Å². The number of carbonyl (C=O) groups excluding carboxylic acids is 4. The summed E-state index contributed by atoms with van der Waals surface area (Å²) in [6, 6.07) is 7.10. The predicted molar refractivity (Wildman–Crippen MR) is 88.3 cm³/mol. The zero-order chi connectivity index (χ0) is 20.6. The smallest absolute Gasteiger partial charge is 0.274 e. The molecule has 0 radical (unpaired) electrons. The van der Waals surface area contributed by atoms with Gasteiger partial charge in [0.2, 0.25) is 11.8 Å². The van der Waals surface area contributed by atoms with Gasteiger partial charge in [-0.05, 0) is 5.56 Å². The maximum Gasteiger partial charge on any atom is 0.347 e. The molecule has 2 rings (SSSR count). The van der Waals surface area contributed by atoms with Gasteiger partial charge in [0.25, 0.3) is 11.8 Å². The number of hydrazine groups is 1. The Labute approximate surface area is 154 Å². The first-order valence-electron chi connectivity index (χ1n) is 7.18. The number of hydrogen-bond acceptors (Lipinski definition) is 8. The molecule has 1 saturated heterocycles. The van der Waals surface area contributed by atoms with Crippen molar-refractivity contribution < 1.29 is 36.0 Å². The molecule has 0 bridgehead atoms. The van der Waals surface area contributed by atoms with E-state index in [1.54, 1.807) is 6.07 Å². The highest BCUT2D eigenvalue weighted by atomic mass is 32.2. The van der Waals surface area contributed by atoms with Crippen LogP contribution in [-0.2, 0) is 39.6 Å². The van der Waals surface area contributed by atoms with Crippen LogP contribution in [0.1, 0.15) is 25.3 Å². The van der Waals surface area contributed by atoms with Gasteiger partial charge in [-0.15, -0.1) is 8.83 Å². The van der Waals surface area contributed by atoms with E-state index in [2.05, 4.69) is 0 Å². The van der Waals surface area contributed by atoms with Crippen molar-refractivity contribution in [1.82, 2.24) is 18.3 Å². The highest BCUT2D eigenvalue weighted by Gasteiger charge is 2.57. The number of benzene rings is 1. The van der Waals surface area contributed by atoms with E-state index in [1.807, 2.05) is 0 Å². The van der Waals surface area contributed by atoms with E-state index in [1.165, 1.54) is 33.7 Å². The first-order chi connectivity index (χ1) is 12.4. The van der Waals surface area contributed by atoms with Crippen molar-refractivity contribution in [2.24, 2.45) is 0 Å². The monoisotopic (exact) mass is 418 g/mol.